The molecular formula is C24H23N5OS. The largest absolute Gasteiger partial charge is 0.460 e. The van der Waals surface area contributed by atoms with Gasteiger partial charge in [-0.2, -0.15) is 17.0 Å². The first kappa shape index (κ1) is 19.7. The molecule has 31 heavy (non-hydrogen) atoms. The van der Waals surface area contributed by atoms with Crippen LogP contribution in [0.4, 0.5) is 11.4 Å². The summed E-state index contributed by atoms with van der Waals surface area (Å²) in [6, 6.07) is 12.4. The monoisotopic (exact) mass is 429 g/mol. The Hall–Kier alpha value is -3.21. The predicted octanol–water partition coefficient (Wildman–Crippen LogP) is 5.30. The summed E-state index contributed by atoms with van der Waals surface area (Å²) < 4.78 is 6.20. The molecule has 0 bridgehead atoms. The molecule has 1 aliphatic rings. The lowest BCUT2D eigenvalue weighted by Gasteiger charge is -2.24. The van der Waals surface area contributed by atoms with Crippen molar-refractivity contribution in [1.29, 1.82) is 5.26 Å². The second-order valence-corrected chi connectivity index (χ2v) is 8.90. The van der Waals surface area contributed by atoms with Crippen molar-refractivity contribution in [2.45, 2.75) is 13.5 Å². The topological polar surface area (TPSA) is 80.9 Å². The smallest absolute Gasteiger partial charge is 0.138 e. The average molecular weight is 430 g/mol. The van der Waals surface area contributed by atoms with E-state index in [1.807, 2.05) is 42.2 Å². The van der Waals surface area contributed by atoms with Crippen LogP contribution in [-0.2, 0) is 6.54 Å². The number of fused-ring (bicyclic) bond motifs is 1. The third-order valence-electron chi connectivity index (χ3n) is 5.74. The molecule has 1 aromatic carbocycles. The standard InChI is InChI=1S/C24H23N5OS/c1-16-19-6-7-27-22(19)4-3-21(16)28-24-17(12-25)13-26-14-20(24)23-5-2-18(30-23)15-29-8-10-31-11-9-29/h2-7,13-14,27H,8-11,15H2,1H3,(H,26,28). The van der Waals surface area contributed by atoms with Gasteiger partial charge in [0, 0.05) is 59.8 Å². The zero-order valence-electron chi connectivity index (χ0n) is 17.3. The van der Waals surface area contributed by atoms with E-state index >= 15 is 0 Å². The lowest BCUT2D eigenvalue weighted by atomic mass is 10.1. The number of thioether (sulfide) groups is 1. The number of H-pyrrole nitrogens is 1. The summed E-state index contributed by atoms with van der Waals surface area (Å²) in [6.45, 7) is 5.05. The van der Waals surface area contributed by atoms with Crippen LogP contribution in [0.2, 0.25) is 0 Å². The van der Waals surface area contributed by atoms with Crippen LogP contribution in [-0.4, -0.2) is 39.5 Å². The number of nitriles is 1. The Morgan fingerprint density at radius 1 is 1.19 bits per heavy atom. The summed E-state index contributed by atoms with van der Waals surface area (Å²) in [5, 5.41) is 14.4. The van der Waals surface area contributed by atoms with Gasteiger partial charge in [-0.05, 0) is 42.8 Å². The number of furan rings is 1. The minimum absolute atomic E-state index is 0.483. The van der Waals surface area contributed by atoms with E-state index in [4.69, 9.17) is 4.42 Å². The molecule has 5 rings (SSSR count). The van der Waals surface area contributed by atoms with Crippen LogP contribution in [0.15, 0.2) is 53.3 Å². The first-order chi connectivity index (χ1) is 15.2. The predicted molar refractivity (Wildman–Crippen MR) is 126 cm³/mol. The average Bonchev–Trinajstić information content (AvgIpc) is 3.46. The zero-order chi connectivity index (χ0) is 21.2. The molecule has 7 heteroatoms. The fourth-order valence-electron chi connectivity index (χ4n) is 4.01. The highest BCUT2D eigenvalue weighted by atomic mass is 32.2. The van der Waals surface area contributed by atoms with Crippen LogP contribution in [0, 0.1) is 18.3 Å². The Kier molecular flexibility index (Phi) is 5.41. The fourth-order valence-corrected chi connectivity index (χ4v) is 4.99. The van der Waals surface area contributed by atoms with Gasteiger partial charge in [-0.3, -0.25) is 9.88 Å². The lowest BCUT2D eigenvalue weighted by Crippen LogP contribution is -2.31. The first-order valence-corrected chi connectivity index (χ1v) is 11.5. The summed E-state index contributed by atoms with van der Waals surface area (Å²) in [5.41, 5.74) is 5.14. The molecule has 0 aliphatic carbocycles. The number of pyridine rings is 1. The number of hydrogen-bond donors (Lipinski definition) is 2. The summed E-state index contributed by atoms with van der Waals surface area (Å²) in [5.74, 6) is 3.98. The Labute approximate surface area is 185 Å². The van der Waals surface area contributed by atoms with Crippen LogP contribution >= 0.6 is 11.8 Å². The maximum Gasteiger partial charge on any atom is 0.138 e. The van der Waals surface area contributed by atoms with E-state index in [2.05, 4.69) is 39.2 Å². The molecular weight excluding hydrogens is 406 g/mol. The summed E-state index contributed by atoms with van der Waals surface area (Å²) in [6.07, 6.45) is 5.28. The van der Waals surface area contributed by atoms with E-state index in [0.717, 1.165) is 53.1 Å². The molecule has 156 valence electrons. The van der Waals surface area contributed by atoms with Crippen molar-refractivity contribution in [3.8, 4) is 17.4 Å². The second kappa shape index (κ2) is 8.50. The molecule has 3 aromatic heterocycles. The number of benzene rings is 1. The highest BCUT2D eigenvalue weighted by Crippen LogP contribution is 2.36. The van der Waals surface area contributed by atoms with Crippen LogP contribution in [0.3, 0.4) is 0 Å². The van der Waals surface area contributed by atoms with E-state index in [-0.39, 0.29) is 0 Å². The van der Waals surface area contributed by atoms with E-state index in [9.17, 15) is 5.26 Å². The number of nitrogens with zero attached hydrogens (tertiary/aromatic N) is 3. The quantitative estimate of drug-likeness (QED) is 0.448. The van der Waals surface area contributed by atoms with Gasteiger partial charge in [-0.1, -0.05) is 0 Å². The Bertz CT molecular complexity index is 1260. The minimum atomic E-state index is 0.483. The number of aromatic nitrogens is 2. The van der Waals surface area contributed by atoms with Crippen molar-refractivity contribution in [1.82, 2.24) is 14.9 Å². The highest BCUT2D eigenvalue weighted by Gasteiger charge is 2.18. The Morgan fingerprint density at radius 3 is 2.90 bits per heavy atom. The van der Waals surface area contributed by atoms with Crippen LogP contribution in [0.1, 0.15) is 16.9 Å². The third-order valence-corrected chi connectivity index (χ3v) is 6.68. The van der Waals surface area contributed by atoms with Gasteiger partial charge in [0.25, 0.3) is 0 Å². The maximum absolute atomic E-state index is 9.72. The van der Waals surface area contributed by atoms with Crippen molar-refractivity contribution in [3.63, 3.8) is 0 Å². The zero-order valence-corrected chi connectivity index (χ0v) is 18.1. The Balaban J connectivity index is 1.49. The van der Waals surface area contributed by atoms with Gasteiger partial charge in [0.05, 0.1) is 23.4 Å². The van der Waals surface area contributed by atoms with Gasteiger partial charge in [0.1, 0.15) is 17.6 Å². The number of anilines is 2. The molecule has 0 amide bonds. The van der Waals surface area contributed by atoms with Gasteiger partial charge in [-0.25, -0.2) is 0 Å². The van der Waals surface area contributed by atoms with Crippen molar-refractivity contribution < 1.29 is 4.42 Å². The first-order valence-electron chi connectivity index (χ1n) is 10.3. The van der Waals surface area contributed by atoms with Gasteiger partial charge in [-0.15, -0.1) is 0 Å². The molecule has 1 aliphatic heterocycles. The molecule has 1 fully saturated rings. The lowest BCUT2D eigenvalue weighted by molar-refractivity contribution is 0.269. The van der Waals surface area contributed by atoms with Crippen molar-refractivity contribution in [2.24, 2.45) is 0 Å². The summed E-state index contributed by atoms with van der Waals surface area (Å²) in [4.78, 5) is 9.93. The number of aromatic amines is 1. The normalized spacial score (nSPS) is 14.6. The van der Waals surface area contributed by atoms with Crippen molar-refractivity contribution in [3.05, 3.63) is 65.8 Å². The second-order valence-electron chi connectivity index (χ2n) is 7.68. The van der Waals surface area contributed by atoms with Gasteiger partial charge >= 0.3 is 0 Å². The SMILES string of the molecule is Cc1c(Nc2c(C#N)cncc2-c2ccc(CN3CCSCC3)o2)ccc2[nH]ccc12. The molecule has 0 saturated carbocycles. The van der Waals surface area contributed by atoms with Gasteiger partial charge < -0.3 is 14.7 Å². The fraction of sp³-hybridized carbons (Fsp3) is 0.250. The maximum atomic E-state index is 9.72. The summed E-state index contributed by atoms with van der Waals surface area (Å²) >= 11 is 2.00. The van der Waals surface area contributed by atoms with Crippen molar-refractivity contribution in [2.75, 3.05) is 29.9 Å². The minimum Gasteiger partial charge on any atom is -0.460 e. The van der Waals surface area contributed by atoms with Gasteiger partial charge in [0.2, 0.25) is 0 Å². The number of aryl methyl sites for hydroxylation is 1. The number of hydrogen-bond acceptors (Lipinski definition) is 6. The molecule has 0 atom stereocenters. The molecule has 0 spiro atoms. The van der Waals surface area contributed by atoms with Crippen LogP contribution in [0.5, 0.6) is 0 Å². The molecule has 2 N–H and O–H groups in total. The van der Waals surface area contributed by atoms with E-state index in [1.165, 1.54) is 11.5 Å². The van der Waals surface area contributed by atoms with Crippen LogP contribution < -0.4 is 5.32 Å². The molecule has 0 unspecified atom stereocenters. The molecule has 1 saturated heterocycles. The van der Waals surface area contributed by atoms with Gasteiger partial charge in [0.15, 0.2) is 0 Å². The molecule has 0 radical (unpaired) electrons. The number of rotatable bonds is 5. The third kappa shape index (κ3) is 3.92. The van der Waals surface area contributed by atoms with E-state index in [0.29, 0.717) is 17.0 Å². The molecule has 4 aromatic rings. The number of nitrogens with one attached hydrogen (secondary N) is 2. The highest BCUT2D eigenvalue weighted by molar-refractivity contribution is 7.99. The molecule has 4 heterocycles. The molecule has 6 nitrogen and oxygen atoms in total. The van der Waals surface area contributed by atoms with E-state index < -0.39 is 0 Å². The van der Waals surface area contributed by atoms with Crippen molar-refractivity contribution >= 4 is 34.0 Å². The van der Waals surface area contributed by atoms with Crippen LogP contribution in [0.25, 0.3) is 22.2 Å². The van der Waals surface area contributed by atoms with E-state index in [1.54, 1.807) is 12.4 Å². The Morgan fingerprint density at radius 2 is 2.06 bits per heavy atom. The summed E-state index contributed by atoms with van der Waals surface area (Å²) in [7, 11) is 0.